The Morgan fingerprint density at radius 2 is 1.74 bits per heavy atom. The first-order chi connectivity index (χ1) is 8.50. The molecule has 0 radical (unpaired) electrons. The SMILES string of the molecule is CC(C)=CC(C)(C(=O)OCCO[PH](=O)O)C(C)(C)C. The highest BCUT2D eigenvalue weighted by atomic mass is 31.1. The number of hydrogen-bond acceptors (Lipinski definition) is 4. The largest absolute Gasteiger partial charge is 0.463 e. The van der Waals surface area contributed by atoms with Gasteiger partial charge in [-0.05, 0) is 26.2 Å². The number of carbonyl (C=O) groups is 1. The van der Waals surface area contributed by atoms with Gasteiger partial charge in [0, 0.05) is 0 Å². The maximum Gasteiger partial charge on any atom is 0.316 e. The van der Waals surface area contributed by atoms with Crippen LogP contribution in [0.1, 0.15) is 41.5 Å². The van der Waals surface area contributed by atoms with Crippen LogP contribution in [-0.4, -0.2) is 24.1 Å². The van der Waals surface area contributed by atoms with Crippen molar-refractivity contribution in [3.8, 4) is 0 Å². The number of esters is 1. The molecule has 0 saturated carbocycles. The number of rotatable bonds is 6. The summed E-state index contributed by atoms with van der Waals surface area (Å²) < 4.78 is 20.0. The van der Waals surface area contributed by atoms with Crippen LogP contribution >= 0.6 is 8.25 Å². The lowest BCUT2D eigenvalue weighted by molar-refractivity contribution is -0.158. The third kappa shape index (κ3) is 5.89. The predicted octanol–water partition coefficient (Wildman–Crippen LogP) is 2.95. The molecule has 0 aromatic carbocycles. The van der Waals surface area contributed by atoms with Crippen molar-refractivity contribution in [2.24, 2.45) is 10.8 Å². The molecule has 0 heterocycles. The monoisotopic (exact) mass is 292 g/mol. The molecule has 0 rings (SSSR count). The molecule has 0 aromatic heterocycles. The Morgan fingerprint density at radius 1 is 1.21 bits per heavy atom. The quantitative estimate of drug-likeness (QED) is 0.352. The van der Waals surface area contributed by atoms with E-state index in [4.69, 9.17) is 9.63 Å². The van der Waals surface area contributed by atoms with E-state index < -0.39 is 13.7 Å². The highest BCUT2D eigenvalue weighted by molar-refractivity contribution is 7.32. The Kier molecular flexibility index (Phi) is 6.98. The highest BCUT2D eigenvalue weighted by Crippen LogP contribution is 2.41. The minimum Gasteiger partial charge on any atom is -0.463 e. The van der Waals surface area contributed by atoms with E-state index in [9.17, 15) is 9.36 Å². The fourth-order valence-electron chi connectivity index (χ4n) is 1.57. The zero-order valence-corrected chi connectivity index (χ0v) is 13.6. The Labute approximate surface area is 115 Å². The minimum absolute atomic E-state index is 0.0297. The summed E-state index contributed by atoms with van der Waals surface area (Å²) in [7, 11) is -2.97. The van der Waals surface area contributed by atoms with Crippen molar-refractivity contribution in [1.29, 1.82) is 0 Å². The molecule has 0 saturated heterocycles. The van der Waals surface area contributed by atoms with Gasteiger partial charge in [-0.25, -0.2) is 0 Å². The molecule has 0 aromatic rings. The van der Waals surface area contributed by atoms with Crippen molar-refractivity contribution in [3.05, 3.63) is 11.6 Å². The number of ether oxygens (including phenoxy) is 1. The lowest BCUT2D eigenvalue weighted by Gasteiger charge is -2.37. The molecular weight excluding hydrogens is 267 g/mol. The van der Waals surface area contributed by atoms with E-state index >= 15 is 0 Å². The van der Waals surface area contributed by atoms with E-state index in [0.717, 1.165) is 5.57 Å². The van der Waals surface area contributed by atoms with Crippen LogP contribution in [0.25, 0.3) is 0 Å². The van der Waals surface area contributed by atoms with Gasteiger partial charge in [0.15, 0.2) is 0 Å². The van der Waals surface area contributed by atoms with Gasteiger partial charge in [0.2, 0.25) is 0 Å². The summed E-state index contributed by atoms with van der Waals surface area (Å²) in [5, 5.41) is 0. The van der Waals surface area contributed by atoms with Crippen LogP contribution in [0, 0.1) is 10.8 Å². The lowest BCUT2D eigenvalue weighted by Crippen LogP contribution is -2.40. The number of hydrogen-bond donors (Lipinski definition) is 1. The van der Waals surface area contributed by atoms with Crippen molar-refractivity contribution in [3.63, 3.8) is 0 Å². The molecule has 0 aliphatic rings. The fraction of sp³-hybridized carbons (Fsp3) is 0.769. The first kappa shape index (κ1) is 18.4. The Bertz CT molecular complexity index is 366. The summed E-state index contributed by atoms with van der Waals surface area (Å²) in [5.41, 5.74) is -0.0192. The zero-order valence-electron chi connectivity index (χ0n) is 12.6. The molecule has 0 fully saturated rings. The van der Waals surface area contributed by atoms with Crippen LogP contribution in [0.3, 0.4) is 0 Å². The molecule has 19 heavy (non-hydrogen) atoms. The molecular formula is C13H25O5P. The Balaban J connectivity index is 4.77. The van der Waals surface area contributed by atoms with Gasteiger partial charge in [-0.3, -0.25) is 9.36 Å². The maximum atomic E-state index is 12.2. The van der Waals surface area contributed by atoms with Crippen LogP contribution in [0.15, 0.2) is 11.6 Å². The van der Waals surface area contributed by atoms with E-state index in [-0.39, 0.29) is 24.6 Å². The molecule has 0 aliphatic carbocycles. The summed E-state index contributed by atoms with van der Waals surface area (Å²) in [4.78, 5) is 20.7. The van der Waals surface area contributed by atoms with Gasteiger partial charge < -0.3 is 14.2 Å². The Hall–Kier alpha value is -0.640. The van der Waals surface area contributed by atoms with Gasteiger partial charge in [-0.1, -0.05) is 32.4 Å². The third-order valence-electron chi connectivity index (χ3n) is 3.10. The number of allylic oxidation sites excluding steroid dienone is 1. The van der Waals surface area contributed by atoms with Gasteiger partial charge in [0.1, 0.15) is 6.61 Å². The smallest absolute Gasteiger partial charge is 0.316 e. The van der Waals surface area contributed by atoms with E-state index in [2.05, 4.69) is 4.52 Å². The molecule has 5 nitrogen and oxygen atoms in total. The van der Waals surface area contributed by atoms with E-state index in [0.29, 0.717) is 0 Å². The third-order valence-corrected chi connectivity index (χ3v) is 3.55. The summed E-state index contributed by atoms with van der Waals surface area (Å²) in [6, 6.07) is 0. The first-order valence-corrected chi connectivity index (χ1v) is 7.46. The molecule has 6 heteroatoms. The van der Waals surface area contributed by atoms with Crippen molar-refractivity contribution < 1.29 is 23.5 Å². The van der Waals surface area contributed by atoms with Crippen molar-refractivity contribution in [1.82, 2.24) is 0 Å². The molecule has 112 valence electrons. The fourth-order valence-corrected chi connectivity index (χ4v) is 1.83. The second-order valence-corrected chi connectivity index (χ2v) is 6.74. The average Bonchev–Trinajstić information content (AvgIpc) is 2.20. The molecule has 0 amide bonds. The van der Waals surface area contributed by atoms with E-state index in [1.807, 2.05) is 47.6 Å². The Morgan fingerprint density at radius 3 is 2.11 bits per heavy atom. The molecule has 0 spiro atoms. The topological polar surface area (TPSA) is 72.8 Å². The summed E-state index contributed by atoms with van der Waals surface area (Å²) >= 11 is 0. The molecule has 2 atom stereocenters. The maximum absolute atomic E-state index is 12.2. The van der Waals surface area contributed by atoms with Crippen molar-refractivity contribution in [2.45, 2.75) is 41.5 Å². The number of carbonyl (C=O) groups excluding carboxylic acids is 1. The summed E-state index contributed by atoms with van der Waals surface area (Å²) in [6.45, 7) is 11.5. The van der Waals surface area contributed by atoms with Gasteiger partial charge in [0.05, 0.1) is 12.0 Å². The average molecular weight is 292 g/mol. The summed E-state index contributed by atoms with van der Waals surface area (Å²) in [5.74, 6) is -0.359. The summed E-state index contributed by atoms with van der Waals surface area (Å²) in [6.07, 6.45) is 1.89. The molecule has 1 N–H and O–H groups in total. The van der Waals surface area contributed by atoms with Gasteiger partial charge in [-0.2, -0.15) is 0 Å². The highest BCUT2D eigenvalue weighted by Gasteiger charge is 2.43. The molecule has 2 unspecified atom stereocenters. The van der Waals surface area contributed by atoms with E-state index in [1.54, 1.807) is 0 Å². The van der Waals surface area contributed by atoms with Gasteiger partial charge >= 0.3 is 14.2 Å². The standard InChI is InChI=1S/C13H25O5P/c1-10(2)9-13(6,12(3,4)5)11(14)17-7-8-18-19(15)16/h9,19H,7-8H2,1-6H3,(H,15,16). The van der Waals surface area contributed by atoms with Crippen LogP contribution in [-0.2, 0) is 18.6 Å². The van der Waals surface area contributed by atoms with Crippen molar-refractivity contribution >= 4 is 14.2 Å². The van der Waals surface area contributed by atoms with Gasteiger partial charge in [0.25, 0.3) is 0 Å². The van der Waals surface area contributed by atoms with Crippen LogP contribution in [0.5, 0.6) is 0 Å². The zero-order chi connectivity index (χ0) is 15.3. The van der Waals surface area contributed by atoms with Crippen LogP contribution in [0.2, 0.25) is 0 Å². The first-order valence-electron chi connectivity index (χ1n) is 6.19. The molecule has 0 bridgehead atoms. The van der Waals surface area contributed by atoms with Crippen LogP contribution < -0.4 is 0 Å². The molecule has 0 aliphatic heterocycles. The normalized spacial score (nSPS) is 16.4. The second-order valence-electron chi connectivity index (χ2n) is 5.92. The van der Waals surface area contributed by atoms with Crippen LogP contribution in [0.4, 0.5) is 0 Å². The van der Waals surface area contributed by atoms with Gasteiger partial charge in [-0.15, -0.1) is 0 Å². The second kappa shape index (κ2) is 7.22. The lowest BCUT2D eigenvalue weighted by atomic mass is 9.67. The predicted molar refractivity (Wildman–Crippen MR) is 75.1 cm³/mol. The minimum atomic E-state index is -2.97. The van der Waals surface area contributed by atoms with E-state index in [1.165, 1.54) is 0 Å². The van der Waals surface area contributed by atoms with Crippen molar-refractivity contribution in [2.75, 3.05) is 13.2 Å².